The van der Waals surface area contributed by atoms with Crippen molar-refractivity contribution in [2.24, 2.45) is 0 Å². The number of esters is 1. The van der Waals surface area contributed by atoms with E-state index in [-0.39, 0.29) is 19.8 Å². The van der Waals surface area contributed by atoms with E-state index in [4.69, 9.17) is 18.5 Å². The van der Waals surface area contributed by atoms with Crippen LogP contribution in [-0.4, -0.2) is 74.6 Å². The molecule has 0 aromatic rings. The number of unbranched alkanes of at least 4 members (excludes halogenated alkanes) is 15. The molecule has 0 aliphatic carbocycles. The molecule has 39 heavy (non-hydrogen) atoms. The first-order chi connectivity index (χ1) is 18.7. The molecule has 0 heterocycles. The molecule has 0 aromatic carbocycles. The van der Waals surface area contributed by atoms with Gasteiger partial charge in [-0.25, -0.2) is 4.57 Å². The summed E-state index contributed by atoms with van der Waals surface area (Å²) in [6, 6.07) is 0. The quantitative estimate of drug-likeness (QED) is 0.0417. The molecule has 0 spiro atoms. The molecule has 0 bridgehead atoms. The van der Waals surface area contributed by atoms with Crippen molar-refractivity contribution in [2.75, 3.05) is 53.1 Å². The molecule has 0 rings (SSSR count). The summed E-state index contributed by atoms with van der Waals surface area (Å²) in [6.45, 7) is 10.7. The average Bonchev–Trinajstić information content (AvgIpc) is 2.90. The Hall–Kier alpha value is -0.500. The van der Waals surface area contributed by atoms with Crippen molar-refractivity contribution in [2.45, 2.75) is 137 Å². The maximum Gasteiger partial charge on any atom is 0.472 e. The van der Waals surface area contributed by atoms with Crippen molar-refractivity contribution < 1.29 is 37.3 Å². The third-order valence-electron chi connectivity index (χ3n) is 7.61. The van der Waals surface area contributed by atoms with E-state index in [1.54, 1.807) is 0 Å². The van der Waals surface area contributed by atoms with Crippen LogP contribution in [0.2, 0.25) is 0 Å². The predicted octanol–water partition coefficient (Wildman–Crippen LogP) is 7.82. The maximum absolute atomic E-state index is 12.2. The van der Waals surface area contributed by atoms with Crippen molar-refractivity contribution in [1.29, 1.82) is 0 Å². The molecule has 1 unspecified atom stereocenters. The van der Waals surface area contributed by atoms with Crippen LogP contribution in [0.25, 0.3) is 0 Å². The molecular formula is C30H63NO7P+. The Balaban J connectivity index is 3.81. The second kappa shape index (κ2) is 25.2. The van der Waals surface area contributed by atoms with Crippen LogP contribution in [0.4, 0.5) is 0 Å². The van der Waals surface area contributed by atoms with Crippen LogP contribution >= 0.6 is 7.82 Å². The van der Waals surface area contributed by atoms with E-state index in [0.717, 1.165) is 30.4 Å². The Morgan fingerprint density at radius 1 is 0.718 bits per heavy atom. The summed E-state index contributed by atoms with van der Waals surface area (Å²) < 4.78 is 34.0. The Morgan fingerprint density at radius 3 is 1.62 bits per heavy atom. The van der Waals surface area contributed by atoms with Crippen molar-refractivity contribution in [1.82, 2.24) is 0 Å². The summed E-state index contributed by atoms with van der Waals surface area (Å²) in [4.78, 5) is 21.4. The van der Waals surface area contributed by atoms with Crippen LogP contribution in [0.3, 0.4) is 0 Å². The van der Waals surface area contributed by atoms with Gasteiger partial charge in [-0.15, -0.1) is 0 Å². The highest BCUT2D eigenvalue weighted by molar-refractivity contribution is 7.47. The van der Waals surface area contributed by atoms with Gasteiger partial charge in [0.25, 0.3) is 0 Å². The standard InChI is InChI=1S/C30H62NO7P/c1-6-9-10-11-12-13-14-15-16-17-18-19-20-21-22-23-25-35-27-30(38-29(4)32)28-37-39(33,34)36-26-24-31(5,7-2)8-3/h30H,6-28H2,1-5H3/p+1/t30-/m0/s1. The lowest BCUT2D eigenvalue weighted by Gasteiger charge is -2.32. The molecule has 0 aliphatic heterocycles. The van der Waals surface area contributed by atoms with Crippen LogP contribution in [0.15, 0.2) is 0 Å². The molecule has 8 nitrogen and oxygen atoms in total. The van der Waals surface area contributed by atoms with Crippen LogP contribution in [0, 0.1) is 0 Å². The highest BCUT2D eigenvalue weighted by Gasteiger charge is 2.26. The van der Waals surface area contributed by atoms with Gasteiger partial charge in [0.05, 0.1) is 33.4 Å². The number of carbonyl (C=O) groups excluding carboxylic acids is 1. The largest absolute Gasteiger partial charge is 0.472 e. The topological polar surface area (TPSA) is 91.3 Å². The van der Waals surface area contributed by atoms with E-state index < -0.39 is 19.9 Å². The smallest absolute Gasteiger partial charge is 0.458 e. The minimum atomic E-state index is -4.23. The zero-order valence-corrected chi connectivity index (χ0v) is 27.0. The normalized spacial score (nSPS) is 14.3. The molecule has 0 fully saturated rings. The number of nitrogens with zero attached hydrogens (tertiary/aromatic N) is 1. The van der Waals surface area contributed by atoms with Gasteiger partial charge in [0.1, 0.15) is 19.3 Å². The Labute approximate surface area is 240 Å². The number of carbonyl (C=O) groups is 1. The molecule has 0 amide bonds. The molecule has 0 aromatic heterocycles. The Kier molecular flexibility index (Phi) is 24.9. The molecule has 1 N–H and O–H groups in total. The van der Waals surface area contributed by atoms with Crippen molar-refractivity contribution in [3.05, 3.63) is 0 Å². The Bertz CT molecular complexity index is 616. The Morgan fingerprint density at radius 2 is 1.18 bits per heavy atom. The van der Waals surface area contributed by atoms with E-state index in [2.05, 4.69) is 27.8 Å². The summed E-state index contributed by atoms with van der Waals surface area (Å²) in [6.07, 6.45) is 20.3. The highest BCUT2D eigenvalue weighted by atomic mass is 31.2. The number of likely N-dealkylation sites (N-methyl/N-ethyl adjacent to an activating group) is 1. The van der Waals surface area contributed by atoms with E-state index in [1.807, 2.05) is 0 Å². The summed E-state index contributed by atoms with van der Waals surface area (Å²) in [7, 11) is -2.16. The molecule has 0 saturated heterocycles. The van der Waals surface area contributed by atoms with Crippen molar-refractivity contribution in [3.63, 3.8) is 0 Å². The number of quaternary nitrogens is 1. The minimum absolute atomic E-state index is 0.111. The number of hydrogen-bond donors (Lipinski definition) is 1. The van der Waals surface area contributed by atoms with Gasteiger partial charge in [-0.2, -0.15) is 0 Å². The fourth-order valence-corrected chi connectivity index (χ4v) is 5.19. The molecule has 0 radical (unpaired) electrons. The summed E-state index contributed by atoms with van der Waals surface area (Å²) in [5, 5.41) is 0. The predicted molar refractivity (Wildman–Crippen MR) is 160 cm³/mol. The van der Waals surface area contributed by atoms with Crippen molar-refractivity contribution >= 4 is 13.8 Å². The first kappa shape index (κ1) is 38.5. The lowest BCUT2D eigenvalue weighted by atomic mass is 10.0. The molecule has 0 aliphatic rings. The van der Waals surface area contributed by atoms with Crippen LogP contribution < -0.4 is 0 Å². The van der Waals surface area contributed by atoms with Gasteiger partial charge < -0.3 is 18.9 Å². The maximum atomic E-state index is 12.2. The summed E-state index contributed by atoms with van der Waals surface area (Å²) in [5.41, 5.74) is 0. The lowest BCUT2D eigenvalue weighted by Crippen LogP contribution is -2.45. The number of ether oxygens (including phenoxy) is 2. The van der Waals surface area contributed by atoms with Crippen LogP contribution in [-0.2, 0) is 27.9 Å². The van der Waals surface area contributed by atoms with Crippen LogP contribution in [0.1, 0.15) is 130 Å². The average molecular weight is 581 g/mol. The number of phosphoric acid groups is 1. The fourth-order valence-electron chi connectivity index (χ4n) is 4.45. The van der Waals surface area contributed by atoms with Gasteiger partial charge in [-0.05, 0) is 20.3 Å². The molecule has 234 valence electrons. The minimum Gasteiger partial charge on any atom is -0.458 e. The fraction of sp³-hybridized carbons (Fsp3) is 0.967. The van der Waals surface area contributed by atoms with E-state index in [9.17, 15) is 14.3 Å². The van der Waals surface area contributed by atoms with E-state index >= 15 is 0 Å². The first-order valence-corrected chi connectivity index (χ1v) is 17.4. The number of phosphoric ester groups is 1. The summed E-state index contributed by atoms with van der Waals surface area (Å²) >= 11 is 0. The summed E-state index contributed by atoms with van der Waals surface area (Å²) in [5.74, 6) is -0.484. The van der Waals surface area contributed by atoms with Gasteiger partial charge in [-0.1, -0.05) is 103 Å². The zero-order valence-electron chi connectivity index (χ0n) is 26.1. The monoisotopic (exact) mass is 580 g/mol. The zero-order chi connectivity index (χ0) is 29.2. The molecule has 2 atom stereocenters. The molecule has 9 heteroatoms. The third kappa shape index (κ3) is 25.0. The molecular weight excluding hydrogens is 517 g/mol. The SMILES string of the molecule is CCCCCCCCCCCCCCCCCCOC[C@@H](COP(=O)(O)OCC[N+](C)(CC)CC)OC(C)=O. The van der Waals surface area contributed by atoms with Gasteiger partial charge in [-0.3, -0.25) is 13.8 Å². The molecule has 0 saturated carbocycles. The van der Waals surface area contributed by atoms with E-state index in [1.165, 1.54) is 96.8 Å². The second-order valence-corrected chi connectivity index (χ2v) is 12.6. The van der Waals surface area contributed by atoms with E-state index in [0.29, 0.717) is 13.2 Å². The number of rotatable bonds is 29. The van der Waals surface area contributed by atoms with Gasteiger partial charge in [0, 0.05) is 13.5 Å². The number of hydrogen-bond acceptors (Lipinski definition) is 6. The first-order valence-electron chi connectivity index (χ1n) is 15.9. The van der Waals surface area contributed by atoms with Crippen molar-refractivity contribution in [3.8, 4) is 0 Å². The van der Waals surface area contributed by atoms with Crippen LogP contribution in [0.5, 0.6) is 0 Å². The van der Waals surface area contributed by atoms with Gasteiger partial charge in [0.15, 0.2) is 0 Å². The van der Waals surface area contributed by atoms with Gasteiger partial charge in [0.2, 0.25) is 0 Å². The third-order valence-corrected chi connectivity index (χ3v) is 8.60. The van der Waals surface area contributed by atoms with Gasteiger partial charge >= 0.3 is 13.8 Å². The second-order valence-electron chi connectivity index (χ2n) is 11.2. The highest BCUT2D eigenvalue weighted by Crippen LogP contribution is 2.43. The lowest BCUT2D eigenvalue weighted by molar-refractivity contribution is -0.906.